The summed E-state index contributed by atoms with van der Waals surface area (Å²) in [4.78, 5) is 11.6. The number of anilines is 1. The number of aromatic hydroxyl groups is 1. The first-order valence-corrected chi connectivity index (χ1v) is 4.51. The van der Waals surface area contributed by atoms with E-state index in [0.29, 0.717) is 5.75 Å². The minimum absolute atomic E-state index is 0.0174. The predicted molar refractivity (Wildman–Crippen MR) is 56.2 cm³/mol. The van der Waals surface area contributed by atoms with Crippen molar-refractivity contribution in [1.29, 1.82) is 0 Å². The highest BCUT2D eigenvalue weighted by atomic mass is 16.5. The molecule has 0 bridgehead atoms. The number of benzene rings is 1. The van der Waals surface area contributed by atoms with Gasteiger partial charge in [-0.25, -0.2) is 4.79 Å². The standard InChI is InChI=1S/C11H9NO4/c12-10-9(5-6-15-10)11(14)16-8-3-1-7(13)2-4-8/h1-6,13H,12H2. The molecule has 3 N–H and O–H groups in total. The van der Waals surface area contributed by atoms with Crippen LogP contribution in [0.2, 0.25) is 0 Å². The van der Waals surface area contributed by atoms with Gasteiger partial charge in [-0.1, -0.05) is 0 Å². The average Bonchev–Trinajstić information content (AvgIpc) is 2.68. The SMILES string of the molecule is Nc1occc1C(=O)Oc1ccc(O)cc1. The lowest BCUT2D eigenvalue weighted by atomic mass is 10.3. The van der Waals surface area contributed by atoms with Gasteiger partial charge in [0.25, 0.3) is 0 Å². The molecule has 2 rings (SSSR count). The highest BCUT2D eigenvalue weighted by Gasteiger charge is 2.14. The summed E-state index contributed by atoms with van der Waals surface area (Å²) in [5.74, 6) is -0.160. The van der Waals surface area contributed by atoms with Crippen molar-refractivity contribution in [3.8, 4) is 11.5 Å². The molecular weight excluding hydrogens is 210 g/mol. The number of ether oxygens (including phenoxy) is 1. The number of nitrogen functional groups attached to an aromatic ring is 1. The number of rotatable bonds is 2. The molecule has 16 heavy (non-hydrogen) atoms. The van der Waals surface area contributed by atoms with Gasteiger partial charge >= 0.3 is 5.97 Å². The molecule has 0 radical (unpaired) electrons. The van der Waals surface area contributed by atoms with Gasteiger partial charge in [0.05, 0.1) is 6.26 Å². The third-order valence-corrected chi connectivity index (χ3v) is 1.96. The summed E-state index contributed by atoms with van der Waals surface area (Å²) >= 11 is 0. The Balaban J connectivity index is 2.14. The highest BCUT2D eigenvalue weighted by molar-refractivity contribution is 5.95. The first-order chi connectivity index (χ1) is 7.66. The second-order valence-electron chi connectivity index (χ2n) is 3.08. The molecule has 0 fully saturated rings. The normalized spacial score (nSPS) is 10.0. The molecule has 0 spiro atoms. The number of carbonyl (C=O) groups is 1. The Bertz CT molecular complexity index is 501. The molecular formula is C11H9NO4. The number of carbonyl (C=O) groups excluding carboxylic acids is 1. The van der Waals surface area contributed by atoms with Crippen LogP contribution < -0.4 is 10.5 Å². The fourth-order valence-corrected chi connectivity index (χ4v) is 1.17. The van der Waals surface area contributed by atoms with Gasteiger partial charge in [0.15, 0.2) is 0 Å². The van der Waals surface area contributed by atoms with Gasteiger partial charge in [0, 0.05) is 0 Å². The summed E-state index contributed by atoms with van der Waals surface area (Å²) in [5.41, 5.74) is 5.59. The van der Waals surface area contributed by atoms with E-state index in [-0.39, 0.29) is 17.2 Å². The topological polar surface area (TPSA) is 85.7 Å². The predicted octanol–water partition coefficient (Wildman–Crippen LogP) is 1.79. The Morgan fingerprint density at radius 2 is 1.94 bits per heavy atom. The third kappa shape index (κ3) is 1.98. The third-order valence-electron chi connectivity index (χ3n) is 1.96. The molecule has 0 amide bonds. The van der Waals surface area contributed by atoms with Gasteiger partial charge in [-0.15, -0.1) is 0 Å². The molecule has 0 aliphatic carbocycles. The molecule has 5 heteroatoms. The molecule has 1 heterocycles. The Morgan fingerprint density at radius 3 is 2.50 bits per heavy atom. The Labute approximate surface area is 91.1 Å². The highest BCUT2D eigenvalue weighted by Crippen LogP contribution is 2.19. The van der Waals surface area contributed by atoms with Gasteiger partial charge < -0.3 is 20.0 Å². The van der Waals surface area contributed by atoms with Gasteiger partial charge in [0.1, 0.15) is 17.1 Å². The summed E-state index contributed by atoms with van der Waals surface area (Å²) in [6, 6.07) is 7.22. The molecule has 0 atom stereocenters. The molecule has 0 aliphatic rings. The lowest BCUT2D eigenvalue weighted by Crippen LogP contribution is -2.09. The second-order valence-corrected chi connectivity index (χ2v) is 3.08. The lowest BCUT2D eigenvalue weighted by Gasteiger charge is -2.02. The van der Waals surface area contributed by atoms with Gasteiger partial charge in [0.2, 0.25) is 5.88 Å². The molecule has 2 aromatic rings. The summed E-state index contributed by atoms with van der Waals surface area (Å²) in [5, 5.41) is 9.04. The maximum absolute atomic E-state index is 11.6. The smallest absolute Gasteiger partial charge is 0.349 e. The van der Waals surface area contributed by atoms with Gasteiger partial charge in [-0.05, 0) is 30.3 Å². The fraction of sp³-hybridized carbons (Fsp3) is 0. The van der Waals surface area contributed by atoms with Crippen LogP contribution in [0.25, 0.3) is 0 Å². The molecule has 0 aliphatic heterocycles. The molecule has 5 nitrogen and oxygen atoms in total. The second kappa shape index (κ2) is 3.98. The van der Waals surface area contributed by atoms with Crippen molar-refractivity contribution >= 4 is 11.9 Å². The van der Waals surface area contributed by atoms with E-state index in [1.165, 1.54) is 36.6 Å². The molecule has 1 aromatic heterocycles. The number of furan rings is 1. The van der Waals surface area contributed by atoms with Crippen LogP contribution in [0.4, 0.5) is 5.88 Å². The van der Waals surface area contributed by atoms with Crippen LogP contribution in [0.5, 0.6) is 11.5 Å². The molecule has 1 aromatic carbocycles. The number of phenolic OH excluding ortho intramolecular Hbond substituents is 1. The van der Waals surface area contributed by atoms with E-state index >= 15 is 0 Å². The quantitative estimate of drug-likeness (QED) is 0.594. The zero-order valence-electron chi connectivity index (χ0n) is 8.21. The van der Waals surface area contributed by atoms with Crippen molar-refractivity contribution in [3.63, 3.8) is 0 Å². The zero-order valence-corrected chi connectivity index (χ0v) is 8.21. The first kappa shape index (κ1) is 10.1. The number of phenols is 1. The maximum atomic E-state index is 11.6. The summed E-state index contributed by atoms with van der Waals surface area (Å²) in [6.07, 6.45) is 1.31. The number of nitrogens with two attached hydrogens (primary N) is 1. The number of hydrogen-bond acceptors (Lipinski definition) is 5. The first-order valence-electron chi connectivity index (χ1n) is 4.51. The van der Waals surface area contributed by atoms with E-state index in [2.05, 4.69) is 0 Å². The van der Waals surface area contributed by atoms with Crippen molar-refractivity contribution in [2.75, 3.05) is 5.73 Å². The van der Waals surface area contributed by atoms with E-state index in [0.717, 1.165) is 0 Å². The fourth-order valence-electron chi connectivity index (χ4n) is 1.17. The van der Waals surface area contributed by atoms with E-state index in [4.69, 9.17) is 20.0 Å². The Morgan fingerprint density at radius 1 is 1.25 bits per heavy atom. The summed E-state index contributed by atoms with van der Waals surface area (Å²) in [7, 11) is 0. The van der Waals surface area contributed by atoms with Crippen LogP contribution in [0.15, 0.2) is 41.0 Å². The van der Waals surface area contributed by atoms with Gasteiger partial charge in [-0.2, -0.15) is 0 Å². The van der Waals surface area contributed by atoms with E-state index < -0.39 is 5.97 Å². The van der Waals surface area contributed by atoms with Crippen molar-refractivity contribution in [2.45, 2.75) is 0 Å². The summed E-state index contributed by atoms with van der Waals surface area (Å²) in [6.45, 7) is 0. The van der Waals surface area contributed by atoms with Crippen LogP contribution in [0, 0.1) is 0 Å². The van der Waals surface area contributed by atoms with Crippen LogP contribution >= 0.6 is 0 Å². The number of esters is 1. The van der Waals surface area contributed by atoms with E-state index in [1.54, 1.807) is 0 Å². The largest absolute Gasteiger partial charge is 0.508 e. The average molecular weight is 219 g/mol. The Hall–Kier alpha value is -2.43. The van der Waals surface area contributed by atoms with Crippen molar-refractivity contribution in [3.05, 3.63) is 42.2 Å². The van der Waals surface area contributed by atoms with E-state index in [9.17, 15) is 4.79 Å². The monoisotopic (exact) mass is 219 g/mol. The van der Waals surface area contributed by atoms with Crippen LogP contribution in [-0.2, 0) is 0 Å². The van der Waals surface area contributed by atoms with Gasteiger partial charge in [-0.3, -0.25) is 0 Å². The molecule has 0 saturated heterocycles. The lowest BCUT2D eigenvalue weighted by molar-refractivity contribution is 0.0735. The van der Waals surface area contributed by atoms with E-state index in [1.807, 2.05) is 0 Å². The maximum Gasteiger partial charge on any atom is 0.349 e. The van der Waals surface area contributed by atoms with Crippen LogP contribution in [0.3, 0.4) is 0 Å². The minimum atomic E-state index is -0.600. The zero-order chi connectivity index (χ0) is 11.5. The molecule has 0 saturated carbocycles. The summed E-state index contributed by atoms with van der Waals surface area (Å²) < 4.78 is 9.78. The van der Waals surface area contributed by atoms with Crippen molar-refractivity contribution in [2.24, 2.45) is 0 Å². The number of hydrogen-bond donors (Lipinski definition) is 2. The molecule has 0 unspecified atom stereocenters. The van der Waals surface area contributed by atoms with Crippen LogP contribution in [-0.4, -0.2) is 11.1 Å². The van der Waals surface area contributed by atoms with Crippen molar-refractivity contribution < 1.29 is 19.1 Å². The Kier molecular flexibility index (Phi) is 2.51. The van der Waals surface area contributed by atoms with Crippen molar-refractivity contribution in [1.82, 2.24) is 0 Å². The minimum Gasteiger partial charge on any atom is -0.508 e. The van der Waals surface area contributed by atoms with Crippen LogP contribution in [0.1, 0.15) is 10.4 Å². The molecule has 82 valence electrons.